The summed E-state index contributed by atoms with van der Waals surface area (Å²) in [5, 5.41) is 16.2. The molecule has 0 unspecified atom stereocenters. The lowest BCUT2D eigenvalue weighted by Crippen LogP contribution is -2.35. The number of ether oxygens (including phenoxy) is 1. The van der Waals surface area contributed by atoms with E-state index in [9.17, 15) is 0 Å². The topological polar surface area (TPSA) is 49.7 Å². The van der Waals surface area contributed by atoms with E-state index in [2.05, 4.69) is 32.8 Å². The van der Waals surface area contributed by atoms with Crippen LogP contribution in [-0.4, -0.2) is 68.8 Å². The molecule has 0 rings (SSSR count). The maximum atomic E-state index is 8.09. The standard InChI is InChI=1S/C19H42N.C4H10O3/c1-5-6-7-8-9-10-11-12-13-14-15-16-17-18-19-20(2,3)4;5-1-3-7-4-2-6/h5-19H2,1-4H3;5-6H,1-4H2/q+1;. The number of hydrogen-bond acceptors (Lipinski definition) is 3. The van der Waals surface area contributed by atoms with Crippen LogP contribution in [0.5, 0.6) is 0 Å². The number of aliphatic hydroxyl groups excluding tert-OH is 2. The van der Waals surface area contributed by atoms with E-state index in [1.807, 2.05) is 0 Å². The molecule has 0 fully saturated rings. The van der Waals surface area contributed by atoms with Gasteiger partial charge in [-0.3, -0.25) is 0 Å². The average Bonchev–Trinajstić information content (AvgIpc) is 2.62. The lowest BCUT2D eigenvalue weighted by molar-refractivity contribution is -0.870. The fourth-order valence-electron chi connectivity index (χ4n) is 3.01. The summed E-state index contributed by atoms with van der Waals surface area (Å²) in [5.74, 6) is 0. The van der Waals surface area contributed by atoms with Gasteiger partial charge in [0.05, 0.1) is 54.1 Å². The number of quaternary nitrogens is 1. The molecular formula is C23H52NO3+. The zero-order valence-corrected chi connectivity index (χ0v) is 19.2. The number of rotatable bonds is 19. The first-order valence-corrected chi connectivity index (χ1v) is 11.6. The third kappa shape index (κ3) is 33.8. The molecule has 0 atom stereocenters. The quantitative estimate of drug-likeness (QED) is 0.236. The molecule has 0 saturated carbocycles. The van der Waals surface area contributed by atoms with Crippen molar-refractivity contribution in [3.8, 4) is 0 Å². The van der Waals surface area contributed by atoms with Crippen molar-refractivity contribution in [2.45, 2.75) is 96.8 Å². The molecule has 0 aromatic rings. The van der Waals surface area contributed by atoms with Gasteiger partial charge < -0.3 is 19.4 Å². The van der Waals surface area contributed by atoms with Crippen LogP contribution in [0.1, 0.15) is 96.8 Å². The Morgan fingerprint density at radius 3 is 1.19 bits per heavy atom. The Balaban J connectivity index is 0. The predicted molar refractivity (Wildman–Crippen MR) is 118 cm³/mol. The monoisotopic (exact) mass is 390 g/mol. The highest BCUT2D eigenvalue weighted by molar-refractivity contribution is 4.49. The molecule has 0 radical (unpaired) electrons. The summed E-state index contributed by atoms with van der Waals surface area (Å²) in [5.41, 5.74) is 0. The fourth-order valence-corrected chi connectivity index (χ4v) is 3.01. The zero-order valence-electron chi connectivity index (χ0n) is 19.2. The van der Waals surface area contributed by atoms with Crippen molar-refractivity contribution >= 4 is 0 Å². The number of nitrogens with zero attached hydrogens (tertiary/aromatic N) is 1. The van der Waals surface area contributed by atoms with Gasteiger partial charge in [0, 0.05) is 0 Å². The Bertz CT molecular complexity index is 250. The van der Waals surface area contributed by atoms with Gasteiger partial charge in [-0.25, -0.2) is 0 Å². The molecule has 0 spiro atoms. The maximum absolute atomic E-state index is 8.09. The van der Waals surface area contributed by atoms with Crippen molar-refractivity contribution in [3.05, 3.63) is 0 Å². The molecule has 4 heteroatoms. The van der Waals surface area contributed by atoms with Crippen LogP contribution >= 0.6 is 0 Å². The molecule has 0 bridgehead atoms. The van der Waals surface area contributed by atoms with Crippen LogP contribution in [0, 0.1) is 0 Å². The van der Waals surface area contributed by atoms with Crippen molar-refractivity contribution < 1.29 is 19.4 Å². The normalized spacial score (nSPS) is 11.3. The molecule has 0 saturated heterocycles. The van der Waals surface area contributed by atoms with Crippen molar-refractivity contribution in [2.24, 2.45) is 0 Å². The molecule has 0 heterocycles. The number of aliphatic hydroxyl groups is 2. The summed E-state index contributed by atoms with van der Waals surface area (Å²) < 4.78 is 5.76. The third-order valence-electron chi connectivity index (χ3n) is 4.65. The Labute approximate surface area is 170 Å². The summed E-state index contributed by atoms with van der Waals surface area (Å²) in [6, 6.07) is 0. The SMILES string of the molecule is CCCCCCCCCCCCCCCC[N+](C)(C)C.OCCOCCO. The molecule has 0 aromatic heterocycles. The third-order valence-corrected chi connectivity index (χ3v) is 4.65. The van der Waals surface area contributed by atoms with Crippen LogP contribution in [0.4, 0.5) is 0 Å². The largest absolute Gasteiger partial charge is 0.394 e. The van der Waals surface area contributed by atoms with Gasteiger partial charge in [-0.2, -0.15) is 0 Å². The zero-order chi connectivity index (χ0) is 20.6. The Kier molecular flexibility index (Phi) is 25.7. The highest BCUT2D eigenvalue weighted by Crippen LogP contribution is 2.13. The first-order valence-electron chi connectivity index (χ1n) is 11.6. The second kappa shape index (κ2) is 23.9. The van der Waals surface area contributed by atoms with E-state index in [0.717, 1.165) is 4.48 Å². The van der Waals surface area contributed by atoms with Gasteiger partial charge in [0.2, 0.25) is 0 Å². The van der Waals surface area contributed by atoms with E-state index >= 15 is 0 Å². The first kappa shape index (κ1) is 29.0. The van der Waals surface area contributed by atoms with Crippen LogP contribution < -0.4 is 0 Å². The van der Waals surface area contributed by atoms with E-state index in [0.29, 0.717) is 13.2 Å². The van der Waals surface area contributed by atoms with E-state index < -0.39 is 0 Å². The molecule has 27 heavy (non-hydrogen) atoms. The molecule has 0 amide bonds. The number of unbranched alkanes of at least 4 members (excludes halogenated alkanes) is 13. The van der Waals surface area contributed by atoms with Crippen LogP contribution in [0.15, 0.2) is 0 Å². The van der Waals surface area contributed by atoms with Crippen LogP contribution in [0.2, 0.25) is 0 Å². The minimum atomic E-state index is 0.0278. The van der Waals surface area contributed by atoms with Gasteiger partial charge in [0.1, 0.15) is 0 Å². The molecular weight excluding hydrogens is 338 g/mol. The lowest BCUT2D eigenvalue weighted by atomic mass is 10.0. The van der Waals surface area contributed by atoms with Gasteiger partial charge in [-0.05, 0) is 12.8 Å². The van der Waals surface area contributed by atoms with Crippen LogP contribution in [0.25, 0.3) is 0 Å². The molecule has 0 aliphatic carbocycles. The van der Waals surface area contributed by atoms with Crippen molar-refractivity contribution in [3.63, 3.8) is 0 Å². The average molecular weight is 391 g/mol. The van der Waals surface area contributed by atoms with Gasteiger partial charge in [-0.15, -0.1) is 0 Å². The van der Waals surface area contributed by atoms with Gasteiger partial charge in [0.25, 0.3) is 0 Å². The lowest BCUT2D eigenvalue weighted by Gasteiger charge is -2.23. The van der Waals surface area contributed by atoms with E-state index in [1.54, 1.807) is 0 Å². The number of hydrogen-bond donors (Lipinski definition) is 2. The van der Waals surface area contributed by atoms with E-state index in [1.165, 1.54) is 96.4 Å². The van der Waals surface area contributed by atoms with Crippen molar-refractivity contribution in [1.29, 1.82) is 0 Å². The van der Waals surface area contributed by atoms with Gasteiger partial charge in [0.15, 0.2) is 0 Å². The van der Waals surface area contributed by atoms with Crippen LogP contribution in [0.3, 0.4) is 0 Å². The Morgan fingerprint density at radius 1 is 0.556 bits per heavy atom. The molecule has 0 aromatic carbocycles. The van der Waals surface area contributed by atoms with Crippen LogP contribution in [-0.2, 0) is 4.74 Å². The van der Waals surface area contributed by atoms with Crippen molar-refractivity contribution in [2.75, 3.05) is 54.1 Å². The van der Waals surface area contributed by atoms with Crippen molar-refractivity contribution in [1.82, 2.24) is 0 Å². The predicted octanol–water partition coefficient (Wildman–Crippen LogP) is 5.16. The highest BCUT2D eigenvalue weighted by Gasteiger charge is 2.04. The maximum Gasteiger partial charge on any atom is 0.0780 e. The highest BCUT2D eigenvalue weighted by atomic mass is 16.5. The fraction of sp³-hybridized carbons (Fsp3) is 1.00. The minimum absolute atomic E-state index is 0.0278. The van der Waals surface area contributed by atoms with Gasteiger partial charge in [-0.1, -0.05) is 84.0 Å². The summed E-state index contributed by atoms with van der Waals surface area (Å²) in [6.45, 7) is 4.32. The summed E-state index contributed by atoms with van der Waals surface area (Å²) >= 11 is 0. The molecule has 2 N–H and O–H groups in total. The second-order valence-electron chi connectivity index (χ2n) is 8.67. The summed E-state index contributed by atoms with van der Waals surface area (Å²) in [4.78, 5) is 0. The molecule has 0 aliphatic heterocycles. The second-order valence-corrected chi connectivity index (χ2v) is 8.67. The summed E-state index contributed by atoms with van der Waals surface area (Å²) in [6.07, 6.45) is 20.4. The molecule has 4 nitrogen and oxygen atoms in total. The smallest absolute Gasteiger partial charge is 0.0780 e. The minimum Gasteiger partial charge on any atom is -0.394 e. The molecule has 166 valence electrons. The Hall–Kier alpha value is -0.160. The van der Waals surface area contributed by atoms with E-state index in [-0.39, 0.29) is 13.2 Å². The molecule has 0 aliphatic rings. The van der Waals surface area contributed by atoms with Gasteiger partial charge >= 0.3 is 0 Å². The van der Waals surface area contributed by atoms with E-state index in [4.69, 9.17) is 10.2 Å². The Morgan fingerprint density at radius 2 is 0.889 bits per heavy atom. The first-order chi connectivity index (χ1) is 13.0. The summed E-state index contributed by atoms with van der Waals surface area (Å²) in [7, 11) is 6.88.